The van der Waals surface area contributed by atoms with E-state index in [0.29, 0.717) is 12.1 Å². The van der Waals surface area contributed by atoms with Crippen LogP contribution in [0.25, 0.3) is 11.0 Å². The Hall–Kier alpha value is -2.01. The van der Waals surface area contributed by atoms with E-state index < -0.39 is 0 Å². The van der Waals surface area contributed by atoms with Gasteiger partial charge in [-0.15, -0.1) is 0 Å². The summed E-state index contributed by atoms with van der Waals surface area (Å²) in [4.78, 5) is 23.3. The topological polar surface area (TPSA) is 72.1 Å². The molecule has 1 amide bonds. The van der Waals surface area contributed by atoms with Crippen molar-refractivity contribution >= 4 is 16.9 Å². The van der Waals surface area contributed by atoms with Crippen molar-refractivity contribution < 1.29 is 4.79 Å². The molecule has 0 saturated carbocycles. The molecule has 1 unspecified atom stereocenters. The maximum atomic E-state index is 12.8. The van der Waals surface area contributed by atoms with Crippen molar-refractivity contribution in [3.8, 4) is 0 Å². The van der Waals surface area contributed by atoms with Crippen molar-refractivity contribution in [2.24, 2.45) is 5.73 Å². The molecule has 1 aromatic carbocycles. The van der Waals surface area contributed by atoms with E-state index in [0.717, 1.165) is 36.8 Å². The zero-order valence-corrected chi connectivity index (χ0v) is 12.0. The highest BCUT2D eigenvalue weighted by Crippen LogP contribution is 2.22. The molecular formula is C16H20N4O. The van der Waals surface area contributed by atoms with Gasteiger partial charge in [0.15, 0.2) is 0 Å². The van der Waals surface area contributed by atoms with Gasteiger partial charge in [-0.05, 0) is 50.4 Å². The first-order valence-corrected chi connectivity index (χ1v) is 7.51. The number of fused-ring (bicyclic) bond motifs is 1. The Morgan fingerprint density at radius 1 is 1.24 bits per heavy atom. The number of amides is 1. The molecule has 2 N–H and O–H groups in total. The molecule has 0 aliphatic carbocycles. The lowest BCUT2D eigenvalue weighted by atomic mass is 9.98. The molecule has 2 aromatic rings. The number of rotatable bonds is 3. The normalized spacial score (nSPS) is 18.9. The number of hydrogen-bond donors (Lipinski definition) is 1. The third kappa shape index (κ3) is 2.88. The van der Waals surface area contributed by atoms with Crippen LogP contribution in [0.4, 0.5) is 0 Å². The second-order valence-electron chi connectivity index (χ2n) is 5.49. The number of aromatic nitrogens is 2. The van der Waals surface area contributed by atoms with Gasteiger partial charge in [0.05, 0.1) is 11.0 Å². The lowest BCUT2D eigenvalue weighted by Crippen LogP contribution is -2.44. The molecule has 0 radical (unpaired) electrons. The predicted molar refractivity (Wildman–Crippen MR) is 81.9 cm³/mol. The number of hydrogen-bond acceptors (Lipinski definition) is 4. The van der Waals surface area contributed by atoms with E-state index in [1.807, 2.05) is 23.1 Å². The molecule has 110 valence electrons. The fourth-order valence-electron chi connectivity index (χ4n) is 3.02. The molecular weight excluding hydrogens is 264 g/mol. The van der Waals surface area contributed by atoms with Crippen LogP contribution in [0.5, 0.6) is 0 Å². The van der Waals surface area contributed by atoms with E-state index in [9.17, 15) is 4.79 Å². The van der Waals surface area contributed by atoms with Gasteiger partial charge < -0.3 is 10.6 Å². The van der Waals surface area contributed by atoms with E-state index in [4.69, 9.17) is 5.73 Å². The fourth-order valence-corrected chi connectivity index (χ4v) is 3.02. The predicted octanol–water partition coefficient (Wildman–Crippen LogP) is 1.97. The second-order valence-corrected chi connectivity index (χ2v) is 5.49. The molecule has 0 bridgehead atoms. The zero-order valence-electron chi connectivity index (χ0n) is 12.0. The minimum atomic E-state index is 0.0840. The van der Waals surface area contributed by atoms with Crippen molar-refractivity contribution in [2.45, 2.75) is 31.7 Å². The van der Waals surface area contributed by atoms with Crippen LogP contribution in [0.2, 0.25) is 0 Å². The fraction of sp³-hybridized carbons (Fsp3) is 0.438. The molecule has 5 nitrogen and oxygen atoms in total. The highest BCUT2D eigenvalue weighted by molar-refractivity contribution is 5.97. The first-order valence-electron chi connectivity index (χ1n) is 7.51. The van der Waals surface area contributed by atoms with E-state index in [1.165, 1.54) is 6.42 Å². The van der Waals surface area contributed by atoms with E-state index >= 15 is 0 Å². The highest BCUT2D eigenvalue weighted by atomic mass is 16.2. The highest BCUT2D eigenvalue weighted by Gasteiger charge is 2.26. The molecule has 1 aromatic heterocycles. The summed E-state index contributed by atoms with van der Waals surface area (Å²) >= 11 is 0. The van der Waals surface area contributed by atoms with E-state index in [2.05, 4.69) is 9.97 Å². The molecule has 1 aliphatic heterocycles. The number of benzene rings is 1. The van der Waals surface area contributed by atoms with Crippen molar-refractivity contribution in [1.29, 1.82) is 0 Å². The Balaban J connectivity index is 1.87. The van der Waals surface area contributed by atoms with Crippen LogP contribution in [0.15, 0.2) is 30.6 Å². The quantitative estimate of drug-likeness (QED) is 0.935. The number of nitrogens with two attached hydrogens (primary N) is 1. The number of likely N-dealkylation sites (tertiary alicyclic amines) is 1. The van der Waals surface area contributed by atoms with Gasteiger partial charge in [0.25, 0.3) is 5.91 Å². The van der Waals surface area contributed by atoms with Gasteiger partial charge in [-0.3, -0.25) is 14.8 Å². The molecule has 21 heavy (non-hydrogen) atoms. The Bertz CT molecular complexity index is 641. The molecule has 5 heteroatoms. The van der Waals surface area contributed by atoms with Crippen LogP contribution >= 0.6 is 0 Å². The van der Waals surface area contributed by atoms with Crippen LogP contribution in [0.1, 0.15) is 36.0 Å². The van der Waals surface area contributed by atoms with E-state index in [1.54, 1.807) is 12.4 Å². The average Bonchev–Trinajstić information content (AvgIpc) is 2.54. The van der Waals surface area contributed by atoms with Gasteiger partial charge in [0.2, 0.25) is 0 Å². The Morgan fingerprint density at radius 3 is 2.86 bits per heavy atom. The average molecular weight is 284 g/mol. The maximum absolute atomic E-state index is 12.8. The third-order valence-corrected chi connectivity index (χ3v) is 4.10. The molecule has 0 spiro atoms. The Labute approximate surface area is 124 Å². The summed E-state index contributed by atoms with van der Waals surface area (Å²) in [6.07, 6.45) is 7.48. The van der Waals surface area contributed by atoms with Crippen LogP contribution in [-0.4, -0.2) is 39.9 Å². The molecule has 3 rings (SSSR count). The van der Waals surface area contributed by atoms with Crippen molar-refractivity contribution in [2.75, 3.05) is 13.1 Å². The molecule has 1 saturated heterocycles. The largest absolute Gasteiger partial charge is 0.336 e. The zero-order chi connectivity index (χ0) is 14.7. The first-order chi connectivity index (χ1) is 10.3. The second kappa shape index (κ2) is 6.18. The minimum Gasteiger partial charge on any atom is -0.336 e. The van der Waals surface area contributed by atoms with Gasteiger partial charge in [-0.25, -0.2) is 0 Å². The maximum Gasteiger partial charge on any atom is 0.254 e. The summed E-state index contributed by atoms with van der Waals surface area (Å²) < 4.78 is 0. The van der Waals surface area contributed by atoms with Gasteiger partial charge >= 0.3 is 0 Å². The van der Waals surface area contributed by atoms with Crippen LogP contribution in [0.3, 0.4) is 0 Å². The lowest BCUT2D eigenvalue weighted by molar-refractivity contribution is 0.0605. The van der Waals surface area contributed by atoms with Gasteiger partial charge in [-0.1, -0.05) is 0 Å². The smallest absolute Gasteiger partial charge is 0.254 e. The molecule has 1 aliphatic rings. The minimum absolute atomic E-state index is 0.0840. The SMILES string of the molecule is NCCC1CCCCN1C(=O)c1ccc2nccnc2c1. The Morgan fingerprint density at radius 2 is 2.05 bits per heavy atom. The molecule has 2 heterocycles. The van der Waals surface area contributed by atoms with Gasteiger partial charge in [0.1, 0.15) is 0 Å². The summed E-state index contributed by atoms with van der Waals surface area (Å²) in [5.41, 5.74) is 7.94. The Kier molecular flexibility index (Phi) is 4.10. The summed E-state index contributed by atoms with van der Waals surface area (Å²) in [5.74, 6) is 0.0840. The summed E-state index contributed by atoms with van der Waals surface area (Å²) in [5, 5.41) is 0. The monoisotopic (exact) mass is 284 g/mol. The van der Waals surface area contributed by atoms with Gasteiger partial charge in [0, 0.05) is 30.5 Å². The van der Waals surface area contributed by atoms with Crippen LogP contribution in [-0.2, 0) is 0 Å². The number of piperidine rings is 1. The lowest BCUT2D eigenvalue weighted by Gasteiger charge is -2.35. The van der Waals surface area contributed by atoms with Crippen molar-refractivity contribution in [3.63, 3.8) is 0 Å². The molecule has 1 atom stereocenters. The number of carbonyl (C=O) groups excluding carboxylic acids is 1. The third-order valence-electron chi connectivity index (χ3n) is 4.10. The van der Waals surface area contributed by atoms with Crippen molar-refractivity contribution in [1.82, 2.24) is 14.9 Å². The number of carbonyl (C=O) groups is 1. The summed E-state index contributed by atoms with van der Waals surface area (Å²) in [6, 6.07) is 5.80. The summed E-state index contributed by atoms with van der Waals surface area (Å²) in [6.45, 7) is 1.44. The van der Waals surface area contributed by atoms with Crippen LogP contribution in [0, 0.1) is 0 Å². The standard InChI is InChI=1S/C16H20N4O/c17-7-6-13-3-1-2-10-20(13)16(21)12-4-5-14-15(11-12)19-9-8-18-14/h4-5,8-9,11,13H,1-3,6-7,10,17H2. The van der Waals surface area contributed by atoms with Crippen LogP contribution < -0.4 is 5.73 Å². The first kappa shape index (κ1) is 13.9. The van der Waals surface area contributed by atoms with Gasteiger partial charge in [-0.2, -0.15) is 0 Å². The summed E-state index contributed by atoms with van der Waals surface area (Å²) in [7, 11) is 0. The van der Waals surface area contributed by atoms with Crippen molar-refractivity contribution in [3.05, 3.63) is 36.2 Å². The molecule has 1 fully saturated rings. The number of nitrogens with zero attached hydrogens (tertiary/aromatic N) is 3. The van der Waals surface area contributed by atoms with E-state index in [-0.39, 0.29) is 11.9 Å².